The Balaban J connectivity index is 2.54. The highest BCUT2D eigenvalue weighted by atomic mass is 35.5. The lowest BCUT2D eigenvalue weighted by Gasteiger charge is -1.94. The quantitative estimate of drug-likeness (QED) is 0.520. The fourth-order valence-electron chi connectivity index (χ4n) is 1.16. The van der Waals surface area contributed by atoms with Crippen LogP contribution in [0.1, 0.15) is 25.7 Å². The van der Waals surface area contributed by atoms with Gasteiger partial charge in [-0.25, -0.2) is 0 Å². The van der Waals surface area contributed by atoms with Crippen LogP contribution in [0.25, 0.3) is 0 Å². The van der Waals surface area contributed by atoms with Gasteiger partial charge in [-0.2, -0.15) is 0 Å². The molecule has 0 aromatic heterocycles. The second-order valence-corrected chi connectivity index (χ2v) is 2.81. The lowest BCUT2D eigenvalue weighted by molar-refractivity contribution is 0.891. The smallest absolute Gasteiger partial charge is 0.0176 e. The predicted octanol–water partition coefficient (Wildman–Crippen LogP) is 3.24. The highest BCUT2D eigenvalue weighted by Gasteiger charge is 2.09. The van der Waals surface area contributed by atoms with E-state index >= 15 is 0 Å². The average Bonchev–Trinajstić information content (AvgIpc) is 2.18. The largest absolute Gasteiger partial charge is 0.103 e. The van der Waals surface area contributed by atoms with E-state index < -0.39 is 0 Å². The van der Waals surface area contributed by atoms with Crippen molar-refractivity contribution in [1.82, 2.24) is 0 Å². The molecule has 1 rings (SSSR count). The van der Waals surface area contributed by atoms with Gasteiger partial charge in [-0.15, -0.1) is 6.58 Å². The molecule has 1 aliphatic rings. The van der Waals surface area contributed by atoms with E-state index in [2.05, 4.69) is 6.58 Å². The first-order valence-corrected chi connectivity index (χ1v) is 3.69. The maximum atomic E-state index is 5.89. The normalized spacial score (nSPS) is 18.8. The van der Waals surface area contributed by atoms with Crippen molar-refractivity contribution in [2.24, 2.45) is 0 Å². The summed E-state index contributed by atoms with van der Waals surface area (Å²) < 4.78 is 0. The maximum Gasteiger partial charge on any atom is 0.0176 e. The third-order valence-electron chi connectivity index (χ3n) is 1.65. The van der Waals surface area contributed by atoms with Gasteiger partial charge in [0.1, 0.15) is 0 Å². The molecular weight excluding hydrogens is 132 g/mol. The molecule has 0 heterocycles. The summed E-state index contributed by atoms with van der Waals surface area (Å²) >= 11 is 5.89. The second-order valence-electron chi connectivity index (χ2n) is 2.35. The lowest BCUT2D eigenvalue weighted by atomic mass is 10.2. The maximum absolute atomic E-state index is 5.89. The molecule has 0 aromatic rings. The van der Waals surface area contributed by atoms with Gasteiger partial charge < -0.3 is 0 Å². The molecule has 0 aliphatic heterocycles. The first kappa shape index (κ1) is 6.88. The van der Waals surface area contributed by atoms with Crippen molar-refractivity contribution < 1.29 is 0 Å². The summed E-state index contributed by atoms with van der Waals surface area (Å²) in [7, 11) is 0. The van der Waals surface area contributed by atoms with Gasteiger partial charge >= 0.3 is 0 Å². The van der Waals surface area contributed by atoms with Crippen molar-refractivity contribution in [1.29, 1.82) is 0 Å². The van der Waals surface area contributed by atoms with Crippen molar-refractivity contribution in [3.63, 3.8) is 0 Å². The van der Waals surface area contributed by atoms with Gasteiger partial charge in [0, 0.05) is 5.03 Å². The van der Waals surface area contributed by atoms with Crippen LogP contribution >= 0.6 is 11.6 Å². The minimum atomic E-state index is 0.985. The van der Waals surface area contributed by atoms with Crippen LogP contribution in [0.4, 0.5) is 0 Å². The molecule has 0 saturated carbocycles. The number of hydrogen-bond acceptors (Lipinski definition) is 0. The zero-order valence-electron chi connectivity index (χ0n) is 5.49. The standard InChI is InChI=1S/C8H11Cl/c1-2-4-7-5-3-6-8(7)9/h2H,1,3-6H2. The van der Waals surface area contributed by atoms with E-state index in [-0.39, 0.29) is 0 Å². The van der Waals surface area contributed by atoms with Gasteiger partial charge in [0.2, 0.25) is 0 Å². The molecule has 9 heavy (non-hydrogen) atoms. The Morgan fingerprint density at radius 2 is 2.33 bits per heavy atom. The topological polar surface area (TPSA) is 0 Å². The van der Waals surface area contributed by atoms with Crippen molar-refractivity contribution >= 4 is 11.6 Å². The zero-order chi connectivity index (χ0) is 6.69. The van der Waals surface area contributed by atoms with Gasteiger partial charge in [-0.05, 0) is 25.7 Å². The molecule has 0 nitrogen and oxygen atoms in total. The number of halogens is 1. The van der Waals surface area contributed by atoms with Crippen molar-refractivity contribution in [2.75, 3.05) is 0 Å². The van der Waals surface area contributed by atoms with E-state index in [0.717, 1.165) is 17.9 Å². The molecule has 0 aromatic carbocycles. The molecule has 0 atom stereocenters. The third-order valence-corrected chi connectivity index (χ3v) is 2.11. The second kappa shape index (κ2) is 3.07. The number of hydrogen-bond donors (Lipinski definition) is 0. The van der Waals surface area contributed by atoms with E-state index in [1.165, 1.54) is 18.4 Å². The van der Waals surface area contributed by atoms with E-state index in [9.17, 15) is 0 Å². The van der Waals surface area contributed by atoms with Crippen molar-refractivity contribution in [3.8, 4) is 0 Å². The molecule has 0 bridgehead atoms. The fourth-order valence-corrected chi connectivity index (χ4v) is 1.46. The molecule has 0 saturated heterocycles. The van der Waals surface area contributed by atoms with Crippen LogP contribution in [0, 0.1) is 0 Å². The molecule has 0 unspecified atom stereocenters. The minimum absolute atomic E-state index is 0.985. The van der Waals surface area contributed by atoms with E-state index in [1.54, 1.807) is 0 Å². The zero-order valence-corrected chi connectivity index (χ0v) is 6.25. The molecular formula is C8H11Cl. The van der Waals surface area contributed by atoms with Gasteiger partial charge in [0.05, 0.1) is 0 Å². The van der Waals surface area contributed by atoms with Gasteiger partial charge in [-0.1, -0.05) is 23.3 Å². The third kappa shape index (κ3) is 1.59. The summed E-state index contributed by atoms with van der Waals surface area (Å²) in [6.45, 7) is 3.67. The van der Waals surface area contributed by atoms with E-state index in [0.29, 0.717) is 0 Å². The van der Waals surface area contributed by atoms with Crippen LogP contribution in [0.5, 0.6) is 0 Å². The van der Waals surface area contributed by atoms with Crippen molar-refractivity contribution in [3.05, 3.63) is 23.3 Å². The summed E-state index contributed by atoms with van der Waals surface area (Å²) in [6, 6.07) is 0. The molecule has 50 valence electrons. The summed E-state index contributed by atoms with van der Waals surface area (Å²) in [6.07, 6.45) is 6.42. The molecule has 0 N–H and O–H groups in total. The van der Waals surface area contributed by atoms with Crippen molar-refractivity contribution in [2.45, 2.75) is 25.7 Å². The van der Waals surface area contributed by atoms with Crippen LogP contribution in [-0.4, -0.2) is 0 Å². The average molecular weight is 143 g/mol. The van der Waals surface area contributed by atoms with Gasteiger partial charge in [-0.3, -0.25) is 0 Å². The van der Waals surface area contributed by atoms with Crippen LogP contribution < -0.4 is 0 Å². The monoisotopic (exact) mass is 142 g/mol. The van der Waals surface area contributed by atoms with Gasteiger partial charge in [0.15, 0.2) is 0 Å². The fraction of sp³-hybridized carbons (Fsp3) is 0.500. The Labute approximate surface area is 61.2 Å². The lowest BCUT2D eigenvalue weighted by Crippen LogP contribution is -1.73. The SMILES string of the molecule is C=CCC1=C(Cl)CCC1. The molecule has 1 heteroatoms. The Kier molecular flexibility index (Phi) is 2.35. The Bertz CT molecular complexity index is 145. The van der Waals surface area contributed by atoms with Gasteiger partial charge in [0.25, 0.3) is 0 Å². The first-order valence-electron chi connectivity index (χ1n) is 3.32. The summed E-state index contributed by atoms with van der Waals surface area (Å²) in [5, 5.41) is 1.08. The summed E-state index contributed by atoms with van der Waals surface area (Å²) in [5.41, 5.74) is 1.40. The number of allylic oxidation sites excluding steroid dienone is 3. The molecule has 1 aliphatic carbocycles. The van der Waals surface area contributed by atoms with Crippen LogP contribution in [0.3, 0.4) is 0 Å². The Hall–Kier alpha value is -0.230. The molecule has 0 fully saturated rings. The molecule has 0 spiro atoms. The highest BCUT2D eigenvalue weighted by Crippen LogP contribution is 2.30. The first-order chi connectivity index (χ1) is 4.34. The summed E-state index contributed by atoms with van der Waals surface area (Å²) in [5.74, 6) is 0. The molecule has 0 amide bonds. The van der Waals surface area contributed by atoms with E-state index in [4.69, 9.17) is 11.6 Å². The van der Waals surface area contributed by atoms with Crippen LogP contribution in [-0.2, 0) is 0 Å². The Morgan fingerprint density at radius 3 is 2.78 bits per heavy atom. The van der Waals surface area contributed by atoms with E-state index in [1.807, 2.05) is 6.08 Å². The number of rotatable bonds is 2. The molecule has 0 radical (unpaired) electrons. The Morgan fingerprint density at radius 1 is 1.56 bits per heavy atom. The predicted molar refractivity (Wildman–Crippen MR) is 41.5 cm³/mol. The highest BCUT2D eigenvalue weighted by molar-refractivity contribution is 6.30. The van der Waals surface area contributed by atoms with Crippen LogP contribution in [0.2, 0.25) is 0 Å². The van der Waals surface area contributed by atoms with Crippen LogP contribution in [0.15, 0.2) is 23.3 Å². The minimum Gasteiger partial charge on any atom is -0.103 e. The summed E-state index contributed by atoms with van der Waals surface area (Å²) in [4.78, 5) is 0.